The fraction of sp³-hybridized carbons (Fsp3) is 0.600. The molecule has 1 aliphatic carbocycles. The summed E-state index contributed by atoms with van der Waals surface area (Å²) >= 11 is 0. The molecule has 27 heavy (non-hydrogen) atoms. The van der Waals surface area contributed by atoms with E-state index in [1.165, 1.54) is 6.42 Å². The summed E-state index contributed by atoms with van der Waals surface area (Å²) in [4.78, 5) is 39.8. The molecule has 0 spiro atoms. The summed E-state index contributed by atoms with van der Waals surface area (Å²) in [6.45, 7) is 5.49. The van der Waals surface area contributed by atoms with Crippen molar-refractivity contribution in [1.82, 2.24) is 25.2 Å². The quantitative estimate of drug-likeness (QED) is 0.847. The summed E-state index contributed by atoms with van der Waals surface area (Å²) in [7, 11) is 0. The fourth-order valence-electron chi connectivity index (χ4n) is 3.70. The van der Waals surface area contributed by atoms with Crippen LogP contribution in [0.25, 0.3) is 11.2 Å². The second-order valence-electron chi connectivity index (χ2n) is 8.05. The number of aromatic amines is 1. The molecule has 2 fully saturated rings. The van der Waals surface area contributed by atoms with Crippen LogP contribution in [0.1, 0.15) is 67.9 Å². The minimum atomic E-state index is -0.528. The standard InChI is InChI=1S/C20H27N5O2/c1-12(2)16(20(27)25-8-4-3-5-9-25)24-19(26)14-10-21-18-17(14)23-15(11-22-18)13-6-7-13/h10-13,16H,3-9H2,1-2H3,(H,21,22)(H,24,26)/t16-/m1/s1. The molecule has 7 nitrogen and oxygen atoms in total. The third-order valence-corrected chi connectivity index (χ3v) is 5.53. The fourth-order valence-corrected chi connectivity index (χ4v) is 3.70. The second kappa shape index (κ2) is 7.29. The van der Waals surface area contributed by atoms with E-state index in [-0.39, 0.29) is 17.7 Å². The number of rotatable bonds is 5. The third-order valence-electron chi connectivity index (χ3n) is 5.53. The summed E-state index contributed by atoms with van der Waals surface area (Å²) in [6.07, 6.45) is 8.92. The number of hydrogen-bond acceptors (Lipinski definition) is 4. The summed E-state index contributed by atoms with van der Waals surface area (Å²) in [6, 6.07) is -0.528. The van der Waals surface area contributed by atoms with E-state index >= 15 is 0 Å². The molecule has 0 radical (unpaired) electrons. The number of hydrogen-bond donors (Lipinski definition) is 2. The maximum atomic E-state index is 12.9. The highest BCUT2D eigenvalue weighted by molar-refractivity contribution is 6.06. The van der Waals surface area contributed by atoms with Gasteiger partial charge in [-0.2, -0.15) is 0 Å². The van der Waals surface area contributed by atoms with Crippen LogP contribution < -0.4 is 5.32 Å². The summed E-state index contributed by atoms with van der Waals surface area (Å²) < 4.78 is 0. The molecular formula is C20H27N5O2. The smallest absolute Gasteiger partial charge is 0.255 e. The minimum Gasteiger partial charge on any atom is -0.344 e. The molecular weight excluding hydrogens is 342 g/mol. The molecule has 2 N–H and O–H groups in total. The lowest BCUT2D eigenvalue weighted by atomic mass is 10.0. The molecule has 2 aromatic heterocycles. The molecule has 0 aromatic carbocycles. The molecule has 2 aromatic rings. The summed E-state index contributed by atoms with van der Waals surface area (Å²) in [5.74, 6) is 0.230. The van der Waals surface area contributed by atoms with E-state index in [1.807, 2.05) is 18.7 Å². The summed E-state index contributed by atoms with van der Waals surface area (Å²) in [5, 5.41) is 2.95. The van der Waals surface area contributed by atoms with Crippen LogP contribution in [0.2, 0.25) is 0 Å². The van der Waals surface area contributed by atoms with E-state index in [2.05, 4.69) is 20.3 Å². The molecule has 1 aliphatic heterocycles. The van der Waals surface area contributed by atoms with Crippen molar-refractivity contribution in [3.05, 3.63) is 23.7 Å². The van der Waals surface area contributed by atoms with Crippen LogP contribution in [0.5, 0.6) is 0 Å². The lowest BCUT2D eigenvalue weighted by Crippen LogP contribution is -2.52. The van der Waals surface area contributed by atoms with Crippen LogP contribution in [0, 0.1) is 5.92 Å². The van der Waals surface area contributed by atoms with E-state index in [0.29, 0.717) is 22.6 Å². The van der Waals surface area contributed by atoms with Crippen molar-refractivity contribution in [2.75, 3.05) is 13.1 Å². The van der Waals surface area contributed by atoms with Gasteiger partial charge in [0.1, 0.15) is 11.6 Å². The van der Waals surface area contributed by atoms with Crippen molar-refractivity contribution >= 4 is 23.0 Å². The number of nitrogens with zero attached hydrogens (tertiary/aromatic N) is 3. The van der Waals surface area contributed by atoms with E-state index in [0.717, 1.165) is 44.5 Å². The highest BCUT2D eigenvalue weighted by Crippen LogP contribution is 2.39. The van der Waals surface area contributed by atoms with E-state index in [9.17, 15) is 9.59 Å². The number of H-pyrrole nitrogens is 1. The van der Waals surface area contributed by atoms with Crippen molar-refractivity contribution < 1.29 is 9.59 Å². The molecule has 0 bridgehead atoms. The first-order valence-electron chi connectivity index (χ1n) is 9.98. The van der Waals surface area contributed by atoms with Gasteiger partial charge in [-0.3, -0.25) is 9.59 Å². The van der Waals surface area contributed by atoms with Crippen molar-refractivity contribution in [3.8, 4) is 0 Å². The van der Waals surface area contributed by atoms with Gasteiger partial charge >= 0.3 is 0 Å². The van der Waals surface area contributed by atoms with Gasteiger partial charge in [0, 0.05) is 25.2 Å². The number of nitrogens with one attached hydrogen (secondary N) is 2. The largest absolute Gasteiger partial charge is 0.344 e. The van der Waals surface area contributed by atoms with Gasteiger partial charge in [0.05, 0.1) is 17.5 Å². The van der Waals surface area contributed by atoms with Gasteiger partial charge in [0.15, 0.2) is 5.65 Å². The molecule has 0 unspecified atom stereocenters. The van der Waals surface area contributed by atoms with Crippen molar-refractivity contribution in [1.29, 1.82) is 0 Å². The molecule has 1 saturated carbocycles. The molecule has 2 aliphatic rings. The predicted octanol–water partition coefficient (Wildman–Crippen LogP) is 2.60. The van der Waals surface area contributed by atoms with E-state index in [4.69, 9.17) is 0 Å². The number of aromatic nitrogens is 3. The van der Waals surface area contributed by atoms with E-state index in [1.54, 1.807) is 12.4 Å². The number of amides is 2. The number of likely N-dealkylation sites (tertiary alicyclic amines) is 1. The first kappa shape index (κ1) is 17.9. The van der Waals surface area contributed by atoms with Crippen molar-refractivity contribution in [3.63, 3.8) is 0 Å². The molecule has 2 amide bonds. The third kappa shape index (κ3) is 3.68. The minimum absolute atomic E-state index is 0.0155. The van der Waals surface area contributed by atoms with Crippen LogP contribution in [0.15, 0.2) is 12.4 Å². The van der Waals surface area contributed by atoms with Gasteiger partial charge < -0.3 is 15.2 Å². The first-order chi connectivity index (χ1) is 13.0. The molecule has 144 valence electrons. The number of fused-ring (bicyclic) bond motifs is 1. The Balaban J connectivity index is 1.54. The van der Waals surface area contributed by atoms with Gasteiger partial charge in [-0.05, 0) is 38.0 Å². The second-order valence-corrected chi connectivity index (χ2v) is 8.05. The first-order valence-corrected chi connectivity index (χ1v) is 9.98. The van der Waals surface area contributed by atoms with Crippen LogP contribution >= 0.6 is 0 Å². The molecule has 1 saturated heterocycles. The number of carbonyl (C=O) groups is 2. The Morgan fingerprint density at radius 2 is 1.96 bits per heavy atom. The Labute approximate surface area is 158 Å². The number of carbonyl (C=O) groups excluding carboxylic acids is 2. The maximum absolute atomic E-state index is 12.9. The van der Waals surface area contributed by atoms with Gasteiger partial charge in [0.2, 0.25) is 5.91 Å². The lowest BCUT2D eigenvalue weighted by molar-refractivity contribution is -0.135. The normalized spacial score (nSPS) is 18.7. The average Bonchev–Trinajstić information content (AvgIpc) is 3.45. The van der Waals surface area contributed by atoms with Gasteiger partial charge in [-0.15, -0.1) is 0 Å². The Bertz CT molecular complexity index is 849. The maximum Gasteiger partial charge on any atom is 0.255 e. The Morgan fingerprint density at radius 1 is 1.22 bits per heavy atom. The van der Waals surface area contributed by atoms with Gasteiger partial charge in [0.25, 0.3) is 5.91 Å². The van der Waals surface area contributed by atoms with Crippen molar-refractivity contribution in [2.45, 2.75) is 57.9 Å². The highest BCUT2D eigenvalue weighted by atomic mass is 16.2. The van der Waals surface area contributed by atoms with Crippen LogP contribution in [0.3, 0.4) is 0 Å². The zero-order chi connectivity index (χ0) is 19.0. The Morgan fingerprint density at radius 3 is 2.63 bits per heavy atom. The van der Waals surface area contributed by atoms with Gasteiger partial charge in [-0.25, -0.2) is 9.97 Å². The zero-order valence-corrected chi connectivity index (χ0v) is 16.0. The van der Waals surface area contributed by atoms with Crippen LogP contribution in [-0.4, -0.2) is 50.8 Å². The Kier molecular flexibility index (Phi) is 4.85. The Hall–Kier alpha value is -2.44. The molecule has 1 atom stereocenters. The predicted molar refractivity (Wildman–Crippen MR) is 102 cm³/mol. The topological polar surface area (TPSA) is 91.0 Å². The van der Waals surface area contributed by atoms with Crippen LogP contribution in [0.4, 0.5) is 0 Å². The molecule has 4 rings (SSSR count). The zero-order valence-electron chi connectivity index (χ0n) is 16.0. The average molecular weight is 369 g/mol. The lowest BCUT2D eigenvalue weighted by Gasteiger charge is -2.32. The number of piperidine rings is 1. The van der Waals surface area contributed by atoms with Crippen molar-refractivity contribution in [2.24, 2.45) is 5.92 Å². The SMILES string of the molecule is CC(C)[C@@H](NC(=O)c1c[nH]c2ncc(C3CC3)nc12)C(=O)N1CCCCC1. The highest BCUT2D eigenvalue weighted by Gasteiger charge is 2.31. The molecule has 3 heterocycles. The van der Waals surface area contributed by atoms with Crippen LogP contribution in [-0.2, 0) is 4.79 Å². The van der Waals surface area contributed by atoms with Gasteiger partial charge in [-0.1, -0.05) is 13.8 Å². The summed E-state index contributed by atoms with van der Waals surface area (Å²) in [5.41, 5.74) is 2.59. The molecule has 7 heteroatoms. The van der Waals surface area contributed by atoms with E-state index < -0.39 is 6.04 Å². The monoisotopic (exact) mass is 369 g/mol.